The van der Waals surface area contributed by atoms with Gasteiger partial charge in [0.15, 0.2) is 0 Å². The van der Waals surface area contributed by atoms with E-state index < -0.39 is 0 Å². The number of fused-ring (bicyclic) bond motifs is 3. The quantitative estimate of drug-likeness (QED) is 0.923. The van der Waals surface area contributed by atoms with Gasteiger partial charge in [-0.15, -0.1) is 0 Å². The predicted molar refractivity (Wildman–Crippen MR) is 88.9 cm³/mol. The molecule has 1 aliphatic heterocycles. The van der Waals surface area contributed by atoms with E-state index in [9.17, 15) is 4.79 Å². The van der Waals surface area contributed by atoms with E-state index >= 15 is 0 Å². The Morgan fingerprint density at radius 2 is 2.09 bits per heavy atom. The zero-order valence-corrected chi connectivity index (χ0v) is 13.3. The van der Waals surface area contributed by atoms with Crippen molar-refractivity contribution in [2.75, 3.05) is 6.54 Å². The van der Waals surface area contributed by atoms with Crippen molar-refractivity contribution in [1.29, 1.82) is 0 Å². The van der Waals surface area contributed by atoms with Gasteiger partial charge in [-0.25, -0.2) is 4.79 Å². The first kappa shape index (κ1) is 14.2. The van der Waals surface area contributed by atoms with Crippen LogP contribution in [0.2, 0.25) is 0 Å². The maximum atomic E-state index is 12.8. The first-order chi connectivity index (χ1) is 11.2. The van der Waals surface area contributed by atoms with E-state index in [1.165, 1.54) is 5.56 Å². The molecule has 0 spiro atoms. The topological polar surface area (TPSA) is 45.2 Å². The number of hydrogen-bond donors (Lipinski definition) is 1. The van der Waals surface area contributed by atoms with Gasteiger partial charge in [0.05, 0.1) is 12.1 Å². The van der Waals surface area contributed by atoms with Gasteiger partial charge in [0, 0.05) is 18.4 Å². The molecule has 2 heterocycles. The summed E-state index contributed by atoms with van der Waals surface area (Å²) in [5.74, 6) is 0.526. The summed E-state index contributed by atoms with van der Waals surface area (Å²) >= 11 is 0. The maximum absolute atomic E-state index is 12.8. The first-order valence-electron chi connectivity index (χ1n) is 8.30. The molecule has 1 fully saturated rings. The van der Waals surface area contributed by atoms with Crippen molar-refractivity contribution in [3.05, 3.63) is 65.5 Å². The van der Waals surface area contributed by atoms with Crippen LogP contribution in [0.5, 0.6) is 0 Å². The minimum Gasteiger partial charge on any atom is -0.331 e. The van der Waals surface area contributed by atoms with Gasteiger partial charge in [0.2, 0.25) is 0 Å². The number of aromatic nitrogens is 1. The highest BCUT2D eigenvalue weighted by molar-refractivity contribution is 5.76. The SMILES string of the molecule is CC(NC(=O)N1CCC2Cc3ncccc3C21)c1ccccc1. The summed E-state index contributed by atoms with van der Waals surface area (Å²) in [6, 6.07) is 14.4. The van der Waals surface area contributed by atoms with E-state index in [1.807, 2.05) is 54.4 Å². The third-order valence-electron chi connectivity index (χ3n) is 5.12. The van der Waals surface area contributed by atoms with Crippen LogP contribution in [0.25, 0.3) is 0 Å². The van der Waals surface area contributed by atoms with Gasteiger partial charge in [0.1, 0.15) is 0 Å². The average Bonchev–Trinajstić information content (AvgIpc) is 3.14. The highest BCUT2D eigenvalue weighted by atomic mass is 16.2. The lowest BCUT2D eigenvalue weighted by Gasteiger charge is -2.27. The molecule has 1 aromatic carbocycles. The van der Waals surface area contributed by atoms with Crippen molar-refractivity contribution >= 4 is 6.03 Å². The van der Waals surface area contributed by atoms with Crippen LogP contribution in [0.15, 0.2) is 48.7 Å². The molecule has 2 amide bonds. The number of rotatable bonds is 2. The number of carbonyl (C=O) groups excluding carboxylic acids is 1. The van der Waals surface area contributed by atoms with Crippen LogP contribution in [0.4, 0.5) is 4.79 Å². The number of hydrogen-bond acceptors (Lipinski definition) is 2. The van der Waals surface area contributed by atoms with Crippen LogP contribution in [-0.4, -0.2) is 22.5 Å². The molecule has 0 bridgehead atoms. The zero-order valence-electron chi connectivity index (χ0n) is 13.3. The van der Waals surface area contributed by atoms with E-state index in [0.29, 0.717) is 5.92 Å². The van der Waals surface area contributed by atoms with E-state index in [4.69, 9.17) is 0 Å². The van der Waals surface area contributed by atoms with E-state index in [2.05, 4.69) is 16.4 Å². The van der Waals surface area contributed by atoms with Crippen molar-refractivity contribution in [3.63, 3.8) is 0 Å². The van der Waals surface area contributed by atoms with Crippen molar-refractivity contribution in [1.82, 2.24) is 15.2 Å². The molecular formula is C19H21N3O. The van der Waals surface area contributed by atoms with Crippen LogP contribution in [0.1, 0.15) is 42.2 Å². The second-order valence-corrected chi connectivity index (χ2v) is 6.51. The van der Waals surface area contributed by atoms with Gasteiger partial charge in [-0.05, 0) is 42.9 Å². The summed E-state index contributed by atoms with van der Waals surface area (Å²) < 4.78 is 0. The van der Waals surface area contributed by atoms with E-state index in [1.54, 1.807) is 0 Å². The molecule has 1 aliphatic carbocycles. The molecular weight excluding hydrogens is 286 g/mol. The highest BCUT2D eigenvalue weighted by Gasteiger charge is 2.44. The second kappa shape index (κ2) is 5.69. The van der Waals surface area contributed by atoms with Gasteiger partial charge in [-0.2, -0.15) is 0 Å². The van der Waals surface area contributed by atoms with Gasteiger partial charge in [-0.3, -0.25) is 4.98 Å². The Morgan fingerprint density at radius 3 is 2.91 bits per heavy atom. The van der Waals surface area contributed by atoms with Crippen molar-refractivity contribution in [2.45, 2.75) is 31.8 Å². The molecule has 118 valence electrons. The van der Waals surface area contributed by atoms with Crippen molar-refractivity contribution < 1.29 is 4.79 Å². The molecule has 1 saturated heterocycles. The lowest BCUT2D eigenvalue weighted by molar-refractivity contribution is 0.185. The average molecular weight is 307 g/mol. The summed E-state index contributed by atoms with van der Waals surface area (Å²) in [5.41, 5.74) is 3.53. The maximum Gasteiger partial charge on any atom is 0.318 e. The number of nitrogens with one attached hydrogen (secondary N) is 1. The Morgan fingerprint density at radius 1 is 1.26 bits per heavy atom. The summed E-state index contributed by atoms with van der Waals surface area (Å²) in [4.78, 5) is 19.3. The number of likely N-dealkylation sites (tertiary alicyclic amines) is 1. The molecule has 1 aromatic heterocycles. The summed E-state index contributed by atoms with van der Waals surface area (Å²) in [6.45, 7) is 2.86. The molecule has 0 radical (unpaired) electrons. The molecule has 4 nitrogen and oxygen atoms in total. The lowest BCUT2D eigenvalue weighted by Crippen LogP contribution is -2.40. The minimum absolute atomic E-state index is 0.0116. The second-order valence-electron chi connectivity index (χ2n) is 6.51. The molecule has 2 aliphatic rings. The molecule has 2 aromatic rings. The highest BCUT2D eigenvalue weighted by Crippen LogP contribution is 2.45. The molecule has 4 rings (SSSR count). The molecule has 0 saturated carbocycles. The third kappa shape index (κ3) is 2.48. The molecule has 3 atom stereocenters. The number of benzene rings is 1. The standard InChI is InChI=1S/C19H21N3O/c1-13(14-6-3-2-4-7-14)21-19(23)22-11-9-15-12-17-16(18(15)22)8-5-10-20-17/h2-8,10,13,15,18H,9,11-12H2,1H3,(H,21,23). The largest absolute Gasteiger partial charge is 0.331 e. The van der Waals surface area contributed by atoms with Crippen LogP contribution < -0.4 is 5.32 Å². The number of amides is 2. The fourth-order valence-corrected chi connectivity index (χ4v) is 3.95. The van der Waals surface area contributed by atoms with E-state index in [-0.39, 0.29) is 18.1 Å². The van der Waals surface area contributed by atoms with Crippen molar-refractivity contribution in [2.24, 2.45) is 5.92 Å². The van der Waals surface area contributed by atoms with Crippen LogP contribution in [0.3, 0.4) is 0 Å². The number of pyridine rings is 1. The van der Waals surface area contributed by atoms with Crippen molar-refractivity contribution in [3.8, 4) is 0 Å². The fraction of sp³-hybridized carbons (Fsp3) is 0.368. The van der Waals surface area contributed by atoms with Gasteiger partial charge in [-0.1, -0.05) is 36.4 Å². The number of urea groups is 1. The number of carbonyl (C=O) groups is 1. The minimum atomic E-state index is 0.0116. The summed E-state index contributed by atoms with van der Waals surface area (Å²) in [7, 11) is 0. The van der Waals surface area contributed by atoms with Crippen LogP contribution in [-0.2, 0) is 6.42 Å². The zero-order chi connectivity index (χ0) is 15.8. The Balaban J connectivity index is 1.51. The molecule has 1 N–H and O–H groups in total. The van der Waals surface area contributed by atoms with Gasteiger partial charge < -0.3 is 10.2 Å². The van der Waals surface area contributed by atoms with Crippen LogP contribution in [0, 0.1) is 5.92 Å². The van der Waals surface area contributed by atoms with E-state index in [0.717, 1.165) is 30.6 Å². The Hall–Kier alpha value is -2.36. The summed E-state index contributed by atoms with van der Waals surface area (Å²) in [5, 5.41) is 3.15. The molecule has 23 heavy (non-hydrogen) atoms. The smallest absolute Gasteiger partial charge is 0.318 e. The normalized spacial score (nSPS) is 23.3. The fourth-order valence-electron chi connectivity index (χ4n) is 3.95. The molecule has 3 unspecified atom stereocenters. The third-order valence-corrected chi connectivity index (χ3v) is 5.12. The first-order valence-corrected chi connectivity index (χ1v) is 8.30. The van der Waals surface area contributed by atoms with Crippen LogP contribution >= 0.6 is 0 Å². The monoisotopic (exact) mass is 307 g/mol. The Bertz CT molecular complexity index is 716. The predicted octanol–water partition coefficient (Wildman–Crippen LogP) is 3.47. The molecule has 4 heteroatoms. The Labute approximate surface area is 136 Å². The van der Waals surface area contributed by atoms with Gasteiger partial charge >= 0.3 is 6.03 Å². The summed E-state index contributed by atoms with van der Waals surface area (Å²) in [6.07, 6.45) is 3.91. The van der Waals surface area contributed by atoms with Gasteiger partial charge in [0.25, 0.3) is 0 Å². The Kier molecular flexibility index (Phi) is 3.52. The number of nitrogens with zero attached hydrogens (tertiary/aromatic N) is 2. The lowest BCUT2D eigenvalue weighted by atomic mass is 10.0.